The topological polar surface area (TPSA) is 81.5 Å². The van der Waals surface area contributed by atoms with Crippen LogP contribution in [0.15, 0.2) is 47.4 Å². The monoisotopic (exact) mass is 346 g/mol. The molecule has 6 nitrogen and oxygen atoms in total. The van der Waals surface area contributed by atoms with E-state index in [0.717, 1.165) is 10.5 Å². The number of anilines is 1. The van der Waals surface area contributed by atoms with Crippen LogP contribution in [-0.4, -0.2) is 23.2 Å². The maximum Gasteiger partial charge on any atom is 0.271 e. The molecule has 2 aromatic rings. The lowest BCUT2D eigenvalue weighted by Crippen LogP contribution is -2.22. The molecule has 1 amide bonds. The van der Waals surface area contributed by atoms with Gasteiger partial charge in [0, 0.05) is 17.0 Å². The van der Waals surface area contributed by atoms with E-state index < -0.39 is 4.92 Å². The van der Waals surface area contributed by atoms with Crippen LogP contribution in [0.5, 0.6) is 5.75 Å². The molecule has 2 rings (SSSR count). The van der Waals surface area contributed by atoms with Crippen LogP contribution in [0.3, 0.4) is 0 Å². The molecule has 7 heteroatoms. The summed E-state index contributed by atoms with van der Waals surface area (Å²) in [5.41, 5.74) is 1.33. The fraction of sp³-hybridized carbons (Fsp3) is 0.235. The molecule has 0 aliphatic heterocycles. The Kier molecular flexibility index (Phi) is 5.81. The maximum absolute atomic E-state index is 12.4. The van der Waals surface area contributed by atoms with E-state index in [0.29, 0.717) is 5.75 Å². The van der Waals surface area contributed by atoms with Crippen LogP contribution >= 0.6 is 11.8 Å². The number of non-ortho nitro benzene ring substituents is 1. The van der Waals surface area contributed by atoms with E-state index in [1.807, 2.05) is 31.2 Å². The Balaban J connectivity index is 2.11. The molecule has 126 valence electrons. The van der Waals surface area contributed by atoms with Gasteiger partial charge in [-0.05, 0) is 32.0 Å². The SMILES string of the molecule is COc1ccc([N+](=O)[O-])cc1NC(=O)[C@@H](C)Sc1ccc(C)cc1. The van der Waals surface area contributed by atoms with Gasteiger partial charge in [0.25, 0.3) is 5.69 Å². The molecule has 0 radical (unpaired) electrons. The van der Waals surface area contributed by atoms with E-state index in [1.54, 1.807) is 6.92 Å². The van der Waals surface area contributed by atoms with Crippen molar-refractivity contribution in [2.24, 2.45) is 0 Å². The van der Waals surface area contributed by atoms with E-state index in [9.17, 15) is 14.9 Å². The first-order valence-corrected chi connectivity index (χ1v) is 8.15. The minimum Gasteiger partial charge on any atom is -0.495 e. The molecule has 0 heterocycles. The smallest absolute Gasteiger partial charge is 0.271 e. The van der Waals surface area contributed by atoms with Crippen molar-refractivity contribution in [3.05, 3.63) is 58.1 Å². The Hall–Kier alpha value is -2.54. The third-order valence-electron chi connectivity index (χ3n) is 3.35. The minimum atomic E-state index is -0.514. The van der Waals surface area contributed by atoms with Crippen LogP contribution in [0.2, 0.25) is 0 Å². The van der Waals surface area contributed by atoms with E-state index in [-0.39, 0.29) is 22.5 Å². The van der Waals surface area contributed by atoms with Crippen molar-refractivity contribution in [1.82, 2.24) is 0 Å². The van der Waals surface area contributed by atoms with Crippen LogP contribution < -0.4 is 10.1 Å². The summed E-state index contributed by atoms with van der Waals surface area (Å²) >= 11 is 1.42. The second-order valence-corrected chi connectivity index (χ2v) is 6.62. The van der Waals surface area contributed by atoms with Crippen molar-refractivity contribution in [3.63, 3.8) is 0 Å². The van der Waals surface area contributed by atoms with Crippen LogP contribution in [0.4, 0.5) is 11.4 Å². The van der Waals surface area contributed by atoms with Gasteiger partial charge in [-0.25, -0.2) is 0 Å². The predicted octanol–water partition coefficient (Wildman–Crippen LogP) is 4.03. The van der Waals surface area contributed by atoms with Gasteiger partial charge in [0.2, 0.25) is 5.91 Å². The highest BCUT2D eigenvalue weighted by Gasteiger charge is 2.18. The largest absolute Gasteiger partial charge is 0.495 e. The number of methoxy groups -OCH3 is 1. The molecule has 0 unspecified atom stereocenters. The fourth-order valence-electron chi connectivity index (χ4n) is 2.02. The molecule has 0 aliphatic carbocycles. The number of amides is 1. The molecule has 2 aromatic carbocycles. The second kappa shape index (κ2) is 7.83. The average Bonchev–Trinajstić information content (AvgIpc) is 2.56. The molecule has 0 saturated heterocycles. The second-order valence-electron chi connectivity index (χ2n) is 5.20. The number of rotatable bonds is 6. The molecule has 1 N–H and O–H groups in total. The van der Waals surface area contributed by atoms with Crippen molar-refractivity contribution < 1.29 is 14.5 Å². The summed E-state index contributed by atoms with van der Waals surface area (Å²) in [6, 6.07) is 12.0. The number of thioether (sulfide) groups is 1. The van der Waals surface area contributed by atoms with Crippen molar-refractivity contribution in [2.45, 2.75) is 24.0 Å². The van der Waals surface area contributed by atoms with Crippen molar-refractivity contribution >= 4 is 29.0 Å². The van der Waals surface area contributed by atoms with Gasteiger partial charge in [0.15, 0.2) is 0 Å². The Morgan fingerprint density at radius 3 is 2.50 bits per heavy atom. The van der Waals surface area contributed by atoms with Crippen LogP contribution in [0.25, 0.3) is 0 Å². The molecule has 0 saturated carbocycles. The number of nitro groups is 1. The van der Waals surface area contributed by atoms with E-state index in [4.69, 9.17) is 4.74 Å². The van der Waals surface area contributed by atoms with E-state index in [2.05, 4.69) is 5.32 Å². The molecule has 0 spiro atoms. The standard InChI is InChI=1S/C17H18N2O4S/c1-11-4-7-14(8-5-11)24-12(2)17(20)18-15-10-13(19(21)22)6-9-16(15)23-3/h4-10,12H,1-3H3,(H,18,20)/t12-/m1/s1. The van der Waals surface area contributed by atoms with Gasteiger partial charge in [-0.1, -0.05) is 17.7 Å². The van der Waals surface area contributed by atoms with Gasteiger partial charge in [0.1, 0.15) is 5.75 Å². The number of nitro benzene ring substituents is 1. The number of hydrogen-bond acceptors (Lipinski definition) is 5. The number of nitrogens with zero attached hydrogens (tertiary/aromatic N) is 1. The Morgan fingerprint density at radius 2 is 1.92 bits per heavy atom. The Bertz CT molecular complexity index is 747. The lowest BCUT2D eigenvalue weighted by atomic mass is 10.2. The summed E-state index contributed by atoms with van der Waals surface area (Å²) in [5, 5.41) is 13.2. The maximum atomic E-state index is 12.4. The summed E-state index contributed by atoms with van der Waals surface area (Å²) in [7, 11) is 1.45. The molecule has 0 bridgehead atoms. The summed E-state index contributed by atoms with van der Waals surface area (Å²) in [4.78, 5) is 23.7. The number of carbonyl (C=O) groups excluding carboxylic acids is 1. The predicted molar refractivity (Wildman–Crippen MR) is 94.8 cm³/mol. The van der Waals surface area contributed by atoms with E-state index in [1.165, 1.54) is 37.1 Å². The van der Waals surface area contributed by atoms with Gasteiger partial charge >= 0.3 is 0 Å². The number of ether oxygens (including phenoxy) is 1. The average molecular weight is 346 g/mol. The zero-order valence-corrected chi connectivity index (χ0v) is 14.4. The van der Waals surface area contributed by atoms with Gasteiger partial charge in [-0.15, -0.1) is 11.8 Å². The van der Waals surface area contributed by atoms with Crippen LogP contribution in [0, 0.1) is 17.0 Å². The summed E-state index contributed by atoms with van der Waals surface area (Å²) in [5.74, 6) is 0.126. The number of benzene rings is 2. The fourth-order valence-corrected chi connectivity index (χ4v) is 2.88. The first-order chi connectivity index (χ1) is 11.4. The number of carbonyl (C=O) groups is 1. The molecule has 0 aliphatic rings. The molecule has 0 fully saturated rings. The van der Waals surface area contributed by atoms with Crippen LogP contribution in [0.1, 0.15) is 12.5 Å². The summed E-state index contributed by atoms with van der Waals surface area (Å²) in [6.07, 6.45) is 0. The van der Waals surface area contributed by atoms with Crippen molar-refractivity contribution in [3.8, 4) is 5.75 Å². The quantitative estimate of drug-likeness (QED) is 0.485. The number of aryl methyl sites for hydroxylation is 1. The highest BCUT2D eigenvalue weighted by molar-refractivity contribution is 8.00. The normalized spacial score (nSPS) is 11.6. The third kappa shape index (κ3) is 4.48. The van der Waals surface area contributed by atoms with Gasteiger partial charge in [0.05, 0.1) is 23.0 Å². The minimum absolute atomic E-state index is 0.107. The molecule has 24 heavy (non-hydrogen) atoms. The van der Waals surface area contributed by atoms with Crippen molar-refractivity contribution in [2.75, 3.05) is 12.4 Å². The lowest BCUT2D eigenvalue weighted by molar-refractivity contribution is -0.384. The Labute approximate surface area is 144 Å². The molecule has 1 atom stereocenters. The third-order valence-corrected chi connectivity index (χ3v) is 4.47. The van der Waals surface area contributed by atoms with E-state index >= 15 is 0 Å². The highest BCUT2D eigenvalue weighted by Crippen LogP contribution is 2.30. The van der Waals surface area contributed by atoms with Crippen molar-refractivity contribution in [1.29, 1.82) is 0 Å². The van der Waals surface area contributed by atoms with Crippen LogP contribution in [-0.2, 0) is 4.79 Å². The van der Waals surface area contributed by atoms with Gasteiger partial charge < -0.3 is 10.1 Å². The van der Waals surface area contributed by atoms with Gasteiger partial charge in [-0.3, -0.25) is 14.9 Å². The molecular weight excluding hydrogens is 328 g/mol. The first kappa shape index (κ1) is 17.8. The molecule has 0 aromatic heterocycles. The zero-order valence-electron chi connectivity index (χ0n) is 13.6. The first-order valence-electron chi connectivity index (χ1n) is 7.27. The Morgan fingerprint density at radius 1 is 1.25 bits per heavy atom. The zero-order chi connectivity index (χ0) is 17.7. The summed E-state index contributed by atoms with van der Waals surface area (Å²) in [6.45, 7) is 3.78. The molecular formula is C17H18N2O4S. The van der Waals surface area contributed by atoms with Gasteiger partial charge in [-0.2, -0.15) is 0 Å². The summed E-state index contributed by atoms with van der Waals surface area (Å²) < 4.78 is 5.15. The highest BCUT2D eigenvalue weighted by atomic mass is 32.2. The number of hydrogen-bond donors (Lipinski definition) is 1. The number of nitrogens with one attached hydrogen (secondary N) is 1. The lowest BCUT2D eigenvalue weighted by Gasteiger charge is -2.14.